The maximum atomic E-state index is 7.09. The quantitative estimate of drug-likeness (QED) is 0.0866. The molecule has 1 aliphatic rings. The van der Waals surface area contributed by atoms with Crippen molar-refractivity contribution >= 4 is 52.1 Å². The lowest BCUT2D eigenvalue weighted by atomic mass is 10.9. The Labute approximate surface area is 281 Å². The molecule has 0 N–H and O–H groups in total. The van der Waals surface area contributed by atoms with Crippen LogP contribution in [0.4, 0.5) is 0 Å². The maximum absolute atomic E-state index is 7.09. The fraction of sp³-hybridized carbons (Fsp3) is 1.00. The average Bonchev–Trinajstić information content (AvgIpc) is 2.95. The molecule has 1 fully saturated rings. The highest BCUT2D eigenvalue weighted by Gasteiger charge is 2.60. The van der Waals surface area contributed by atoms with Gasteiger partial charge in [0.25, 0.3) is 0 Å². The topological polar surface area (TPSA) is 111 Å². The van der Waals surface area contributed by atoms with Crippen LogP contribution in [-0.4, -0.2) is 112 Å². The van der Waals surface area contributed by atoms with E-state index in [1.807, 2.05) is 62.3 Å². The van der Waals surface area contributed by atoms with E-state index in [9.17, 15) is 0 Å². The Morgan fingerprint density at radius 3 is 0.622 bits per heavy atom. The molecular weight excluding hydrogens is 685 g/mol. The van der Waals surface area contributed by atoms with Gasteiger partial charge < -0.3 is 52.2 Å². The van der Waals surface area contributed by atoms with Gasteiger partial charge in [-0.05, 0) is 100 Å². The van der Waals surface area contributed by atoms with Crippen LogP contribution in [0.1, 0.15) is 62.3 Å². The van der Waals surface area contributed by atoms with Crippen molar-refractivity contribution in [2.45, 2.75) is 118 Å². The summed E-state index contributed by atoms with van der Waals surface area (Å²) in [6.45, 7) is 28.9. The standard InChI is InChI=1S/C27H66O12Si6/c1-13-28-43(29-14-2,30-15-3)25-22-40(10)37-41(11,23-26-44(31-16-4,32-17-5)33-18-6)39-42(12,38-40)24-27-45(34-19-7,35-20-8)36-21-9/h13-27H2,1-12H3. The highest BCUT2D eigenvalue weighted by Crippen LogP contribution is 2.41. The molecule has 0 saturated carbocycles. The minimum absolute atomic E-state index is 0.520. The number of hydrogen-bond acceptors (Lipinski definition) is 12. The van der Waals surface area contributed by atoms with Crippen LogP contribution in [-0.2, 0) is 52.2 Å². The summed E-state index contributed by atoms with van der Waals surface area (Å²) in [5.41, 5.74) is 0. The van der Waals surface area contributed by atoms with Crippen LogP contribution in [0, 0.1) is 0 Å². The summed E-state index contributed by atoms with van der Waals surface area (Å²) in [7, 11) is -17.3. The number of rotatable bonds is 27. The first-order chi connectivity index (χ1) is 21.3. The van der Waals surface area contributed by atoms with E-state index in [-0.39, 0.29) is 0 Å². The summed E-state index contributed by atoms with van der Waals surface area (Å²) in [6, 6.07) is 3.86. The van der Waals surface area contributed by atoms with Crippen LogP contribution in [0.25, 0.3) is 0 Å². The Morgan fingerprint density at radius 1 is 0.333 bits per heavy atom. The molecule has 1 saturated heterocycles. The van der Waals surface area contributed by atoms with E-state index in [2.05, 4.69) is 19.6 Å². The lowest BCUT2D eigenvalue weighted by Gasteiger charge is -2.51. The summed E-state index contributed by atoms with van der Waals surface area (Å²) in [5.74, 6) is 0. The van der Waals surface area contributed by atoms with Gasteiger partial charge in [-0.1, -0.05) is 0 Å². The van der Waals surface area contributed by atoms with Gasteiger partial charge in [0, 0.05) is 77.6 Å². The Morgan fingerprint density at radius 2 is 0.489 bits per heavy atom. The largest absolute Gasteiger partial charge is 0.500 e. The highest BCUT2D eigenvalue weighted by molar-refractivity contribution is 6.94. The molecule has 12 nitrogen and oxygen atoms in total. The molecule has 1 heterocycles. The van der Waals surface area contributed by atoms with Crippen molar-refractivity contribution in [2.75, 3.05) is 59.5 Å². The number of hydrogen-bond donors (Lipinski definition) is 0. The minimum Gasteiger partial charge on any atom is -0.416 e. The van der Waals surface area contributed by atoms with Crippen molar-refractivity contribution in [2.24, 2.45) is 0 Å². The first kappa shape index (κ1) is 43.8. The Kier molecular flexibility index (Phi) is 20.6. The van der Waals surface area contributed by atoms with Crippen LogP contribution in [0.15, 0.2) is 0 Å². The third kappa shape index (κ3) is 14.3. The molecule has 270 valence electrons. The minimum atomic E-state index is -2.92. The van der Waals surface area contributed by atoms with E-state index < -0.39 is 52.1 Å². The highest BCUT2D eigenvalue weighted by atomic mass is 28.5. The average molecular weight is 751 g/mol. The van der Waals surface area contributed by atoms with Crippen LogP contribution < -0.4 is 0 Å². The molecule has 18 heteroatoms. The van der Waals surface area contributed by atoms with Gasteiger partial charge in [0.1, 0.15) is 0 Å². The van der Waals surface area contributed by atoms with Gasteiger partial charge in [-0.15, -0.1) is 0 Å². The smallest absolute Gasteiger partial charge is 0.416 e. The molecule has 0 bridgehead atoms. The van der Waals surface area contributed by atoms with Crippen molar-refractivity contribution in [1.82, 2.24) is 0 Å². The van der Waals surface area contributed by atoms with E-state index in [0.29, 0.717) is 95.7 Å². The van der Waals surface area contributed by atoms with Crippen LogP contribution in [0.5, 0.6) is 0 Å². The Hall–Kier alpha value is 0.821. The molecule has 0 aromatic carbocycles. The Balaban J connectivity index is 3.48. The lowest BCUT2D eigenvalue weighted by molar-refractivity contribution is 0.0716. The van der Waals surface area contributed by atoms with Gasteiger partial charge in [0.2, 0.25) is 0 Å². The van der Waals surface area contributed by atoms with Gasteiger partial charge in [0.05, 0.1) is 0 Å². The molecule has 0 aromatic heterocycles. The van der Waals surface area contributed by atoms with Crippen molar-refractivity contribution in [3.8, 4) is 0 Å². The summed E-state index contributed by atoms with van der Waals surface area (Å²) in [5, 5.41) is 0. The zero-order valence-corrected chi connectivity index (χ0v) is 36.5. The molecule has 0 aliphatic carbocycles. The molecular formula is C27H66O12Si6. The van der Waals surface area contributed by atoms with Crippen LogP contribution >= 0.6 is 0 Å². The molecule has 0 amide bonds. The molecule has 1 rings (SSSR count). The molecule has 0 spiro atoms. The van der Waals surface area contributed by atoms with Gasteiger partial charge in [0.15, 0.2) is 0 Å². The van der Waals surface area contributed by atoms with Crippen molar-refractivity contribution in [1.29, 1.82) is 0 Å². The van der Waals surface area contributed by atoms with E-state index in [1.165, 1.54) is 0 Å². The van der Waals surface area contributed by atoms with Crippen molar-refractivity contribution in [3.63, 3.8) is 0 Å². The first-order valence-corrected chi connectivity index (χ1v) is 30.5. The summed E-state index contributed by atoms with van der Waals surface area (Å²) < 4.78 is 77.1. The second-order valence-corrected chi connectivity index (χ2v) is 30.1. The molecule has 45 heavy (non-hydrogen) atoms. The van der Waals surface area contributed by atoms with Gasteiger partial charge in [-0.2, -0.15) is 0 Å². The summed E-state index contributed by atoms with van der Waals surface area (Å²) >= 11 is 0. The second kappa shape index (κ2) is 21.1. The van der Waals surface area contributed by atoms with Crippen LogP contribution in [0.3, 0.4) is 0 Å². The second-order valence-electron chi connectivity index (χ2n) is 11.2. The van der Waals surface area contributed by atoms with E-state index in [4.69, 9.17) is 52.2 Å². The van der Waals surface area contributed by atoms with Crippen molar-refractivity contribution < 1.29 is 52.2 Å². The predicted octanol–water partition coefficient (Wildman–Crippen LogP) is 6.41. The molecule has 0 unspecified atom stereocenters. The SMILES string of the molecule is CCO[Si](CC[Si]1(C)O[Si](C)(CC[Si](OCC)(OCC)OCC)O[Si](C)(CC[Si](OCC)(OCC)OCC)O1)(OCC)OCC. The lowest BCUT2D eigenvalue weighted by Crippen LogP contribution is -2.68. The zero-order chi connectivity index (χ0) is 34.1. The van der Waals surface area contributed by atoms with E-state index in [0.717, 1.165) is 0 Å². The van der Waals surface area contributed by atoms with Crippen molar-refractivity contribution in [3.05, 3.63) is 0 Å². The van der Waals surface area contributed by atoms with Crippen LogP contribution in [0.2, 0.25) is 55.9 Å². The monoisotopic (exact) mass is 750 g/mol. The normalized spacial score (nSPS) is 24.8. The predicted molar refractivity (Wildman–Crippen MR) is 189 cm³/mol. The third-order valence-electron chi connectivity index (χ3n) is 7.23. The maximum Gasteiger partial charge on any atom is 0.500 e. The molecule has 0 aromatic rings. The fourth-order valence-corrected chi connectivity index (χ4v) is 36.0. The van der Waals surface area contributed by atoms with E-state index >= 15 is 0 Å². The zero-order valence-electron chi connectivity index (χ0n) is 30.5. The van der Waals surface area contributed by atoms with Gasteiger partial charge >= 0.3 is 52.1 Å². The fourth-order valence-electron chi connectivity index (χ4n) is 5.88. The third-order valence-corrected chi connectivity index (χ3v) is 31.7. The van der Waals surface area contributed by atoms with Gasteiger partial charge in [-0.25, -0.2) is 0 Å². The van der Waals surface area contributed by atoms with Gasteiger partial charge in [-0.3, -0.25) is 0 Å². The first-order valence-electron chi connectivity index (χ1n) is 17.1. The summed E-state index contributed by atoms with van der Waals surface area (Å²) in [4.78, 5) is 0. The van der Waals surface area contributed by atoms with E-state index in [1.54, 1.807) is 0 Å². The Bertz CT molecular complexity index is 644. The molecule has 0 radical (unpaired) electrons. The summed E-state index contributed by atoms with van der Waals surface area (Å²) in [6.07, 6.45) is 0. The molecule has 0 atom stereocenters. The molecule has 1 aliphatic heterocycles.